The summed E-state index contributed by atoms with van der Waals surface area (Å²) in [5, 5.41) is -0.168. The van der Waals surface area contributed by atoms with Crippen molar-refractivity contribution < 1.29 is 22.6 Å². The van der Waals surface area contributed by atoms with Gasteiger partial charge in [-0.3, -0.25) is 0 Å². The molecule has 0 aliphatic carbocycles. The molecule has 3 aromatic rings. The van der Waals surface area contributed by atoms with E-state index < -0.39 is 22.8 Å². The molecule has 0 saturated carbocycles. The van der Waals surface area contributed by atoms with E-state index in [0.717, 1.165) is 0 Å². The second-order valence-electron chi connectivity index (χ2n) is 6.31. The van der Waals surface area contributed by atoms with Gasteiger partial charge in [0.2, 0.25) is 5.82 Å². The van der Waals surface area contributed by atoms with Gasteiger partial charge in [-0.1, -0.05) is 48.6 Å². The van der Waals surface area contributed by atoms with Crippen molar-refractivity contribution in [1.29, 1.82) is 0 Å². The van der Waals surface area contributed by atoms with Crippen LogP contribution >= 0.6 is 0 Å². The maximum atomic E-state index is 15.1. The molecule has 3 rings (SSSR count). The Bertz CT molecular complexity index is 1050. The average Bonchev–Trinajstić information content (AvgIpc) is 2.72. The lowest BCUT2D eigenvalue weighted by Gasteiger charge is -2.12. The van der Waals surface area contributed by atoms with Gasteiger partial charge >= 0.3 is 0 Å². The van der Waals surface area contributed by atoms with Crippen LogP contribution in [0.4, 0.5) is 13.2 Å². The molecule has 5 heteroatoms. The first-order valence-electron chi connectivity index (χ1n) is 9.25. The number of allylic oxidation sites excluding steroid dienone is 2. The molecule has 0 bridgehead atoms. The Hall–Kier alpha value is -3.21. The summed E-state index contributed by atoms with van der Waals surface area (Å²) in [6, 6.07) is 11.2. The van der Waals surface area contributed by atoms with Gasteiger partial charge in [0.15, 0.2) is 11.6 Å². The van der Waals surface area contributed by atoms with Gasteiger partial charge in [-0.15, -0.1) is 0 Å². The highest BCUT2D eigenvalue weighted by Gasteiger charge is 2.20. The first-order chi connectivity index (χ1) is 14.1. The van der Waals surface area contributed by atoms with Crippen LogP contribution in [0.15, 0.2) is 66.8 Å². The molecule has 0 unspecified atom stereocenters. The van der Waals surface area contributed by atoms with E-state index in [1.807, 2.05) is 19.1 Å². The highest BCUT2D eigenvalue weighted by molar-refractivity contribution is 5.90. The van der Waals surface area contributed by atoms with Gasteiger partial charge in [-0.25, -0.2) is 8.78 Å². The molecule has 0 aliphatic rings. The number of hydrogen-bond acceptors (Lipinski definition) is 2. The van der Waals surface area contributed by atoms with Crippen molar-refractivity contribution in [3.63, 3.8) is 0 Å². The summed E-state index contributed by atoms with van der Waals surface area (Å²) in [7, 11) is 0. The monoisotopic (exact) mass is 398 g/mol. The molecule has 0 fully saturated rings. The van der Waals surface area contributed by atoms with E-state index >= 15 is 4.39 Å². The molecule has 0 radical (unpaired) electrons. The molecule has 0 saturated heterocycles. The molecule has 29 heavy (non-hydrogen) atoms. The van der Waals surface area contributed by atoms with Crippen LogP contribution in [0.2, 0.25) is 0 Å². The Balaban J connectivity index is 1.97. The zero-order valence-electron chi connectivity index (χ0n) is 16.2. The van der Waals surface area contributed by atoms with Crippen molar-refractivity contribution in [1.82, 2.24) is 0 Å². The molecule has 0 aromatic heterocycles. The summed E-state index contributed by atoms with van der Waals surface area (Å²) < 4.78 is 54.8. The van der Waals surface area contributed by atoms with Crippen LogP contribution in [-0.4, -0.2) is 13.2 Å². The van der Waals surface area contributed by atoms with E-state index in [0.29, 0.717) is 17.9 Å². The third kappa shape index (κ3) is 4.45. The van der Waals surface area contributed by atoms with E-state index in [9.17, 15) is 8.78 Å². The lowest BCUT2D eigenvalue weighted by Crippen LogP contribution is -2.00. The normalized spacial score (nSPS) is 11.6. The second-order valence-corrected chi connectivity index (χ2v) is 6.31. The molecule has 2 nitrogen and oxygen atoms in total. The minimum absolute atomic E-state index is 0.0986. The van der Waals surface area contributed by atoms with E-state index in [1.165, 1.54) is 6.07 Å². The molecular weight excluding hydrogens is 377 g/mol. The summed E-state index contributed by atoms with van der Waals surface area (Å²) in [5.41, 5.74) is 0.717. The Morgan fingerprint density at radius 2 is 1.41 bits per heavy atom. The van der Waals surface area contributed by atoms with Gasteiger partial charge in [0.1, 0.15) is 24.8 Å². The molecule has 0 amide bonds. The summed E-state index contributed by atoms with van der Waals surface area (Å²) in [4.78, 5) is 0. The first kappa shape index (κ1) is 20.5. The summed E-state index contributed by atoms with van der Waals surface area (Å²) in [6.45, 7) is 4.22. The van der Waals surface area contributed by atoms with E-state index in [2.05, 4.69) is 0 Å². The van der Waals surface area contributed by atoms with E-state index in [-0.39, 0.29) is 23.3 Å². The van der Waals surface area contributed by atoms with Crippen LogP contribution in [0.25, 0.3) is 21.9 Å². The Labute approximate surface area is 167 Å². The number of hydrogen-bond donors (Lipinski definition) is 0. The predicted molar refractivity (Wildman–Crippen MR) is 110 cm³/mol. The molecule has 0 heterocycles. The minimum Gasteiger partial charge on any atom is -0.490 e. The van der Waals surface area contributed by atoms with Gasteiger partial charge in [-0.2, -0.15) is 4.39 Å². The van der Waals surface area contributed by atoms with Crippen LogP contribution in [0, 0.1) is 17.5 Å². The van der Waals surface area contributed by atoms with Gasteiger partial charge in [0.25, 0.3) is 0 Å². The van der Waals surface area contributed by atoms with Gasteiger partial charge < -0.3 is 9.47 Å². The zero-order chi connectivity index (χ0) is 20.8. The fraction of sp³-hybridized carbons (Fsp3) is 0.167. The predicted octanol–water partition coefficient (Wildman–Crippen LogP) is 6.83. The lowest BCUT2D eigenvalue weighted by molar-refractivity contribution is 0.334. The summed E-state index contributed by atoms with van der Waals surface area (Å²) in [5.74, 6) is -2.90. The number of benzene rings is 3. The Morgan fingerprint density at radius 1 is 0.759 bits per heavy atom. The van der Waals surface area contributed by atoms with Crippen LogP contribution in [0.5, 0.6) is 11.5 Å². The van der Waals surface area contributed by atoms with Gasteiger partial charge in [0, 0.05) is 5.56 Å². The average molecular weight is 398 g/mol. The second kappa shape index (κ2) is 9.32. The molecule has 150 valence electrons. The number of rotatable bonds is 7. The Kier molecular flexibility index (Phi) is 6.60. The van der Waals surface area contributed by atoms with Crippen LogP contribution in [0.3, 0.4) is 0 Å². The number of fused-ring (bicyclic) bond motifs is 1. The maximum Gasteiger partial charge on any atom is 0.201 e. The first-order valence-corrected chi connectivity index (χ1v) is 9.25. The van der Waals surface area contributed by atoms with Crippen molar-refractivity contribution in [2.75, 3.05) is 13.2 Å². The molecule has 0 spiro atoms. The zero-order valence-corrected chi connectivity index (χ0v) is 16.2. The standard InChI is InChI=1S/C24H21F3O2/c1-3-5-13-28-18-10-7-16(8-11-18)19-12-9-17-15-20(29-14-6-4-2)23(26)24(27)21(17)22(19)25/h3-12,15H,13-14H2,1-2H3. The molecule has 0 aliphatic heterocycles. The third-order valence-electron chi connectivity index (χ3n) is 4.41. The fourth-order valence-corrected chi connectivity index (χ4v) is 2.89. The fourth-order valence-electron chi connectivity index (χ4n) is 2.89. The number of halogens is 3. The van der Waals surface area contributed by atoms with E-state index in [1.54, 1.807) is 55.5 Å². The SMILES string of the molecule is CC=CCOc1ccc(-c2ccc3cc(OCC=CC)c(F)c(F)c3c2F)cc1. The molecule has 0 N–H and O–H groups in total. The molecule has 3 aromatic carbocycles. The van der Waals surface area contributed by atoms with Gasteiger partial charge in [0.05, 0.1) is 5.39 Å². The highest BCUT2D eigenvalue weighted by atomic mass is 19.2. The van der Waals surface area contributed by atoms with Crippen molar-refractivity contribution in [2.45, 2.75) is 13.8 Å². The van der Waals surface area contributed by atoms with Crippen molar-refractivity contribution >= 4 is 10.8 Å². The molecule has 0 atom stereocenters. The smallest absolute Gasteiger partial charge is 0.201 e. The van der Waals surface area contributed by atoms with Gasteiger partial charge in [-0.05, 0) is 43.0 Å². The Morgan fingerprint density at radius 3 is 2.07 bits per heavy atom. The maximum absolute atomic E-state index is 15.1. The topological polar surface area (TPSA) is 18.5 Å². The quantitative estimate of drug-likeness (QED) is 0.406. The van der Waals surface area contributed by atoms with Crippen molar-refractivity contribution in [3.05, 3.63) is 84.2 Å². The van der Waals surface area contributed by atoms with Crippen LogP contribution in [0.1, 0.15) is 13.8 Å². The number of ether oxygens (including phenoxy) is 2. The summed E-state index contributed by atoms with van der Waals surface area (Å²) in [6.07, 6.45) is 7.14. The molecular formula is C24H21F3O2. The van der Waals surface area contributed by atoms with E-state index in [4.69, 9.17) is 9.47 Å². The third-order valence-corrected chi connectivity index (χ3v) is 4.41. The highest BCUT2D eigenvalue weighted by Crippen LogP contribution is 2.35. The van der Waals surface area contributed by atoms with Crippen molar-refractivity contribution in [2.24, 2.45) is 0 Å². The lowest BCUT2D eigenvalue weighted by atomic mass is 9.99. The minimum atomic E-state index is -1.26. The van der Waals surface area contributed by atoms with Crippen molar-refractivity contribution in [3.8, 4) is 22.6 Å². The van der Waals surface area contributed by atoms with Crippen LogP contribution in [-0.2, 0) is 0 Å². The summed E-state index contributed by atoms with van der Waals surface area (Å²) >= 11 is 0. The van der Waals surface area contributed by atoms with Crippen LogP contribution < -0.4 is 9.47 Å². The largest absolute Gasteiger partial charge is 0.490 e.